The quantitative estimate of drug-likeness (QED) is 0.943. The molecule has 4 rings (SSSR count). The first-order valence-electron chi connectivity index (χ1n) is 8.84. The summed E-state index contributed by atoms with van der Waals surface area (Å²) < 4.78 is 5.74. The lowest BCUT2D eigenvalue weighted by Gasteiger charge is -2.40. The van der Waals surface area contributed by atoms with Crippen LogP contribution in [0.5, 0.6) is 0 Å². The molecule has 1 N–H and O–H groups in total. The van der Waals surface area contributed by atoms with Gasteiger partial charge in [-0.3, -0.25) is 9.69 Å². The molecular formula is C19H25N3O2. The number of H-pyrrole nitrogens is 1. The third-order valence-electron chi connectivity index (χ3n) is 5.47. The van der Waals surface area contributed by atoms with Crippen molar-refractivity contribution in [3.63, 3.8) is 0 Å². The van der Waals surface area contributed by atoms with Crippen molar-refractivity contribution in [2.45, 2.75) is 32.7 Å². The zero-order chi connectivity index (χ0) is 16.6. The average Bonchev–Trinajstić information content (AvgIpc) is 3.29. The van der Waals surface area contributed by atoms with Crippen LogP contribution >= 0.6 is 0 Å². The lowest BCUT2D eigenvalue weighted by atomic mass is 9.79. The maximum absolute atomic E-state index is 12.6. The molecule has 24 heavy (non-hydrogen) atoms. The van der Waals surface area contributed by atoms with Crippen molar-refractivity contribution in [1.29, 1.82) is 0 Å². The number of aryl methyl sites for hydroxylation is 1. The Balaban J connectivity index is 1.41. The minimum Gasteiger partial charge on any atom is -0.465 e. The number of nitrogens with zero attached hydrogens (tertiary/aromatic N) is 2. The van der Waals surface area contributed by atoms with Gasteiger partial charge in [0.15, 0.2) is 0 Å². The van der Waals surface area contributed by atoms with Crippen LogP contribution in [0.25, 0.3) is 0 Å². The van der Waals surface area contributed by atoms with Crippen LogP contribution in [0.15, 0.2) is 34.9 Å². The lowest BCUT2D eigenvalue weighted by molar-refractivity contribution is 0.0655. The summed E-state index contributed by atoms with van der Waals surface area (Å²) in [6.07, 6.45) is 5.33. The Morgan fingerprint density at radius 3 is 2.92 bits per heavy atom. The van der Waals surface area contributed by atoms with Crippen molar-refractivity contribution in [2.75, 3.05) is 26.2 Å². The summed E-state index contributed by atoms with van der Waals surface area (Å²) in [6.45, 7) is 6.78. The highest BCUT2D eigenvalue weighted by Crippen LogP contribution is 2.39. The lowest BCUT2D eigenvalue weighted by Crippen LogP contribution is -2.45. The van der Waals surface area contributed by atoms with Crippen LogP contribution in [0.1, 0.15) is 41.3 Å². The largest absolute Gasteiger partial charge is 0.465 e. The Morgan fingerprint density at radius 1 is 1.25 bits per heavy atom. The van der Waals surface area contributed by atoms with Crippen molar-refractivity contribution >= 4 is 5.91 Å². The van der Waals surface area contributed by atoms with E-state index in [1.807, 2.05) is 36.2 Å². The summed E-state index contributed by atoms with van der Waals surface area (Å²) in [5, 5.41) is 0. The number of rotatable bonds is 3. The molecule has 0 aromatic carbocycles. The van der Waals surface area contributed by atoms with Crippen molar-refractivity contribution in [2.24, 2.45) is 5.41 Å². The van der Waals surface area contributed by atoms with E-state index in [2.05, 4.69) is 16.0 Å². The second-order valence-corrected chi connectivity index (χ2v) is 7.39. The van der Waals surface area contributed by atoms with E-state index in [1.165, 1.54) is 12.8 Å². The first-order chi connectivity index (χ1) is 11.6. The zero-order valence-electron chi connectivity index (χ0n) is 14.3. The van der Waals surface area contributed by atoms with Crippen LogP contribution in [0.2, 0.25) is 0 Å². The van der Waals surface area contributed by atoms with Crippen LogP contribution in [-0.2, 0) is 6.54 Å². The molecule has 0 bridgehead atoms. The molecule has 2 aromatic rings. The number of hydrogen-bond acceptors (Lipinski definition) is 3. The zero-order valence-corrected chi connectivity index (χ0v) is 14.3. The number of amides is 1. The third-order valence-corrected chi connectivity index (χ3v) is 5.47. The standard InChI is InChI=1S/C19H25N3O2/c1-15-5-6-16(24-15)12-21-10-3-7-19(13-21)8-11-22(14-19)18(23)17-4-2-9-20-17/h2,4-6,9,20H,3,7-8,10-14H2,1H3. The molecule has 2 fully saturated rings. The molecule has 0 radical (unpaired) electrons. The predicted molar refractivity (Wildman–Crippen MR) is 91.7 cm³/mol. The molecule has 5 nitrogen and oxygen atoms in total. The minimum absolute atomic E-state index is 0.135. The molecule has 5 heteroatoms. The summed E-state index contributed by atoms with van der Waals surface area (Å²) in [5.41, 5.74) is 0.952. The van der Waals surface area contributed by atoms with Gasteiger partial charge in [0.2, 0.25) is 0 Å². The molecule has 4 heterocycles. The smallest absolute Gasteiger partial charge is 0.270 e. The van der Waals surface area contributed by atoms with Crippen LogP contribution in [0, 0.1) is 12.3 Å². The number of likely N-dealkylation sites (tertiary alicyclic amines) is 2. The van der Waals surface area contributed by atoms with Gasteiger partial charge in [-0.2, -0.15) is 0 Å². The third kappa shape index (κ3) is 3.00. The van der Waals surface area contributed by atoms with Gasteiger partial charge in [-0.25, -0.2) is 0 Å². The molecule has 128 valence electrons. The monoisotopic (exact) mass is 327 g/mol. The van der Waals surface area contributed by atoms with Gasteiger partial charge in [0.1, 0.15) is 17.2 Å². The molecule has 1 spiro atoms. The average molecular weight is 327 g/mol. The highest BCUT2D eigenvalue weighted by atomic mass is 16.3. The van der Waals surface area contributed by atoms with Gasteiger partial charge in [-0.05, 0) is 57.0 Å². The minimum atomic E-state index is 0.135. The van der Waals surface area contributed by atoms with E-state index in [1.54, 1.807) is 0 Å². The second-order valence-electron chi connectivity index (χ2n) is 7.39. The second kappa shape index (κ2) is 6.13. The van der Waals surface area contributed by atoms with Crippen LogP contribution in [0.4, 0.5) is 0 Å². The van der Waals surface area contributed by atoms with Gasteiger partial charge >= 0.3 is 0 Å². The molecule has 1 unspecified atom stereocenters. The van der Waals surface area contributed by atoms with E-state index in [4.69, 9.17) is 4.42 Å². The van der Waals surface area contributed by atoms with Gasteiger partial charge in [0, 0.05) is 31.2 Å². The van der Waals surface area contributed by atoms with E-state index < -0.39 is 0 Å². The number of nitrogens with one attached hydrogen (secondary N) is 1. The topological polar surface area (TPSA) is 52.5 Å². The fraction of sp³-hybridized carbons (Fsp3) is 0.526. The number of furan rings is 1. The van der Waals surface area contributed by atoms with Crippen LogP contribution < -0.4 is 0 Å². The number of aromatic nitrogens is 1. The first-order valence-corrected chi connectivity index (χ1v) is 8.84. The van der Waals surface area contributed by atoms with E-state index in [0.717, 1.165) is 50.7 Å². The number of hydrogen-bond donors (Lipinski definition) is 1. The molecule has 0 aliphatic carbocycles. The van der Waals surface area contributed by atoms with E-state index in [0.29, 0.717) is 5.69 Å². The van der Waals surface area contributed by atoms with Crippen LogP contribution in [0.3, 0.4) is 0 Å². The highest BCUT2D eigenvalue weighted by molar-refractivity contribution is 5.92. The normalized spacial score (nSPS) is 24.8. The summed E-state index contributed by atoms with van der Waals surface area (Å²) in [5.74, 6) is 2.15. The van der Waals surface area contributed by atoms with Gasteiger partial charge in [-0.15, -0.1) is 0 Å². The number of carbonyl (C=O) groups excluding carboxylic acids is 1. The summed E-state index contributed by atoms with van der Waals surface area (Å²) in [4.78, 5) is 20.1. The Morgan fingerprint density at radius 2 is 2.17 bits per heavy atom. The van der Waals surface area contributed by atoms with Crippen molar-refractivity contribution in [3.8, 4) is 0 Å². The van der Waals surface area contributed by atoms with E-state index in [-0.39, 0.29) is 11.3 Å². The maximum Gasteiger partial charge on any atom is 0.270 e. The van der Waals surface area contributed by atoms with Crippen molar-refractivity contribution < 1.29 is 9.21 Å². The van der Waals surface area contributed by atoms with Crippen molar-refractivity contribution in [1.82, 2.24) is 14.8 Å². The maximum atomic E-state index is 12.6. The van der Waals surface area contributed by atoms with Gasteiger partial charge in [-0.1, -0.05) is 0 Å². The molecule has 2 saturated heterocycles. The van der Waals surface area contributed by atoms with E-state index in [9.17, 15) is 4.79 Å². The Bertz CT molecular complexity index is 706. The summed E-state index contributed by atoms with van der Waals surface area (Å²) >= 11 is 0. The number of carbonyl (C=O) groups is 1. The summed E-state index contributed by atoms with van der Waals surface area (Å²) in [6, 6.07) is 7.85. The predicted octanol–water partition coefficient (Wildman–Crippen LogP) is 3.04. The molecular weight excluding hydrogens is 302 g/mol. The Kier molecular flexibility index (Phi) is 3.96. The summed E-state index contributed by atoms with van der Waals surface area (Å²) in [7, 11) is 0. The molecule has 1 amide bonds. The fourth-order valence-electron chi connectivity index (χ4n) is 4.31. The number of piperidine rings is 1. The van der Waals surface area contributed by atoms with Gasteiger partial charge in [0.05, 0.1) is 6.54 Å². The Hall–Kier alpha value is -2.01. The van der Waals surface area contributed by atoms with E-state index >= 15 is 0 Å². The molecule has 0 saturated carbocycles. The number of aromatic amines is 1. The molecule has 2 aliphatic rings. The van der Waals surface area contributed by atoms with Crippen molar-refractivity contribution in [3.05, 3.63) is 47.7 Å². The van der Waals surface area contributed by atoms with Crippen LogP contribution in [-0.4, -0.2) is 46.9 Å². The molecule has 2 aliphatic heterocycles. The highest BCUT2D eigenvalue weighted by Gasteiger charge is 2.43. The Labute approximate surface area is 142 Å². The molecule has 2 aromatic heterocycles. The first kappa shape index (κ1) is 15.5. The van der Waals surface area contributed by atoms with Gasteiger partial charge < -0.3 is 14.3 Å². The SMILES string of the molecule is Cc1ccc(CN2CCCC3(CCN(C(=O)c4ccc[nH]4)C3)C2)o1. The molecule has 1 atom stereocenters. The fourth-order valence-corrected chi connectivity index (χ4v) is 4.31. The van der Waals surface area contributed by atoms with Gasteiger partial charge in [0.25, 0.3) is 5.91 Å².